The number of ether oxygens (including phenoxy) is 1. The number of nitrogens with two attached hydrogens (primary N) is 1. The zero-order valence-electron chi connectivity index (χ0n) is 17.3. The molecule has 12 nitrogen and oxygen atoms in total. The van der Waals surface area contributed by atoms with Gasteiger partial charge in [0.05, 0.1) is 29.2 Å². The highest BCUT2D eigenvalue weighted by Crippen LogP contribution is 2.27. The van der Waals surface area contributed by atoms with E-state index in [1.165, 1.54) is 0 Å². The van der Waals surface area contributed by atoms with Crippen LogP contribution in [-0.4, -0.2) is 27.8 Å². The Hall–Kier alpha value is -5.00. The maximum absolute atomic E-state index is 10.8. The van der Waals surface area contributed by atoms with Gasteiger partial charge in [-0.05, 0) is 47.7 Å². The van der Waals surface area contributed by atoms with Gasteiger partial charge in [-0.25, -0.2) is 0 Å². The average Bonchev–Trinajstić information content (AvgIpc) is 3.14. The molecule has 12 heteroatoms. The molecule has 2 N–H and O–H groups in total. The predicted octanol–water partition coefficient (Wildman–Crippen LogP) is 2.11. The third kappa shape index (κ3) is 5.38. The molecule has 3 aromatic carbocycles. The lowest BCUT2D eigenvalue weighted by Gasteiger charge is -2.03. The van der Waals surface area contributed by atoms with Gasteiger partial charge in [-0.3, -0.25) is 26.1 Å². The Bertz CT molecular complexity index is 1330. The minimum absolute atomic E-state index is 0.466. The number of nitro groups is 2. The zero-order chi connectivity index (χ0) is 24.0. The van der Waals surface area contributed by atoms with Crippen LogP contribution in [0, 0.1) is 20.2 Å². The van der Waals surface area contributed by atoms with E-state index in [2.05, 4.69) is 5.10 Å². The number of fused-ring (bicyclic) bond motifs is 1. The summed E-state index contributed by atoms with van der Waals surface area (Å²) in [5.74, 6) is 5.88. The molecule has 0 saturated carbocycles. The Morgan fingerprint density at radius 2 is 1.73 bits per heavy atom. The number of imidazole rings is 1. The molecule has 0 bridgehead atoms. The summed E-state index contributed by atoms with van der Waals surface area (Å²) in [4.78, 5) is 18.6. The molecule has 0 unspecified atom stereocenters. The van der Waals surface area contributed by atoms with E-state index in [0.29, 0.717) is 6.07 Å². The van der Waals surface area contributed by atoms with Crippen LogP contribution in [0.25, 0.3) is 11.0 Å². The maximum atomic E-state index is 10.8. The Labute approximate surface area is 186 Å². The molecular weight excluding hydrogens is 432 g/mol. The molecule has 0 radical (unpaired) electrons. The topological polar surface area (TPSA) is 166 Å². The van der Waals surface area contributed by atoms with Crippen molar-refractivity contribution in [3.63, 3.8) is 0 Å². The lowest BCUT2D eigenvalue weighted by atomic mass is 10.2. The normalized spacial score (nSPS) is 10.6. The number of para-hydroxylation sites is 2. The van der Waals surface area contributed by atoms with Gasteiger partial charge >= 0.3 is 0 Å². The highest BCUT2D eigenvalue weighted by atomic mass is 16.6. The zero-order valence-corrected chi connectivity index (χ0v) is 17.3. The summed E-state index contributed by atoms with van der Waals surface area (Å²) in [6.07, 6.45) is 3.52. The fraction of sp³-hybridized carbons (Fsp3) is 0.0476. The summed E-state index contributed by atoms with van der Waals surface area (Å²) in [6, 6.07) is 17.9. The number of nitro benzene ring substituents is 2. The molecule has 0 fully saturated rings. The van der Waals surface area contributed by atoms with Gasteiger partial charge in [-0.2, -0.15) is 0 Å². The molecule has 33 heavy (non-hydrogen) atoms. The van der Waals surface area contributed by atoms with Crippen LogP contribution in [0.5, 0.6) is 11.5 Å². The van der Waals surface area contributed by atoms with E-state index in [4.69, 9.17) is 10.6 Å². The third-order valence-electron chi connectivity index (χ3n) is 4.44. The molecule has 0 aliphatic rings. The van der Waals surface area contributed by atoms with Gasteiger partial charge in [0.1, 0.15) is 5.75 Å². The Morgan fingerprint density at radius 1 is 1.03 bits per heavy atom. The second kappa shape index (κ2) is 9.87. The molecule has 1 aromatic heterocycles. The largest absolute Gasteiger partial charge is 0.868 e. The average molecular weight is 450 g/mol. The molecular formula is C21H18N6O6. The predicted molar refractivity (Wildman–Crippen MR) is 117 cm³/mol. The molecule has 0 saturated heterocycles. The monoisotopic (exact) mass is 450 g/mol. The minimum Gasteiger partial charge on any atom is -0.868 e. The Balaban J connectivity index is 0.000000205. The number of non-ortho nitro benzene ring substituents is 1. The molecule has 0 aliphatic heterocycles. The van der Waals surface area contributed by atoms with Crippen LogP contribution in [0.4, 0.5) is 11.4 Å². The number of benzene rings is 3. The van der Waals surface area contributed by atoms with Crippen LogP contribution < -0.4 is 20.4 Å². The minimum atomic E-state index is -0.949. The molecule has 4 rings (SSSR count). The van der Waals surface area contributed by atoms with Crippen LogP contribution >= 0.6 is 0 Å². The van der Waals surface area contributed by atoms with Gasteiger partial charge in [0.15, 0.2) is 0 Å². The number of methoxy groups -OCH3 is 1. The summed E-state index contributed by atoms with van der Waals surface area (Å²) in [5, 5.41) is 35.5. The van der Waals surface area contributed by atoms with Gasteiger partial charge in [0.25, 0.3) is 17.7 Å². The lowest BCUT2D eigenvalue weighted by molar-refractivity contribution is -0.612. The van der Waals surface area contributed by atoms with Crippen molar-refractivity contribution in [1.29, 1.82) is 0 Å². The first kappa shape index (κ1) is 22.7. The number of nitrogen functional groups attached to an aromatic ring is 1. The van der Waals surface area contributed by atoms with Crippen LogP contribution in [0.15, 0.2) is 78.2 Å². The summed E-state index contributed by atoms with van der Waals surface area (Å²) in [5.41, 5.74) is 1.63. The van der Waals surface area contributed by atoms with Gasteiger partial charge in [0, 0.05) is 6.07 Å². The third-order valence-corrected chi connectivity index (χ3v) is 4.44. The second-order valence-electron chi connectivity index (χ2n) is 6.54. The van der Waals surface area contributed by atoms with Gasteiger partial charge in [0.2, 0.25) is 11.0 Å². The van der Waals surface area contributed by atoms with E-state index >= 15 is 0 Å². The van der Waals surface area contributed by atoms with Crippen molar-refractivity contribution in [1.82, 2.24) is 4.68 Å². The Morgan fingerprint density at radius 3 is 2.36 bits per heavy atom. The summed E-state index contributed by atoms with van der Waals surface area (Å²) < 4.78 is 8.43. The van der Waals surface area contributed by atoms with E-state index < -0.39 is 27.0 Å². The van der Waals surface area contributed by atoms with Gasteiger partial charge < -0.3 is 9.84 Å². The smallest absolute Gasteiger partial charge is 0.293 e. The molecule has 0 aliphatic carbocycles. The van der Waals surface area contributed by atoms with Crippen molar-refractivity contribution in [3.05, 3.63) is 98.8 Å². The van der Waals surface area contributed by atoms with Crippen molar-refractivity contribution in [2.24, 2.45) is 5.10 Å². The summed E-state index contributed by atoms with van der Waals surface area (Å²) in [6.45, 7) is 0. The first-order chi connectivity index (χ1) is 15.8. The lowest BCUT2D eigenvalue weighted by Crippen LogP contribution is -2.42. The standard InChI is InChI=1S/C15H15N4O.C6H4N2O5/c1-20-13-8-6-12(7-9-13)10-17-19-11-18(16)14-4-2-3-5-15(14)19;9-6-2-1-4(7(10)11)3-5(6)8(12)13/h2-11H,16H2,1H3;1-3,9H/q+1;/p-1/b17-10+;. The SMILES string of the molecule is COc1ccc(/C=N/n2c[n+](N)c3ccccc32)cc1.O=[N+]([O-])c1ccc([O-])c([N+](=O)[O-])c1. The fourth-order valence-electron chi connectivity index (χ4n) is 2.79. The van der Waals surface area contributed by atoms with E-state index in [9.17, 15) is 25.3 Å². The number of rotatable bonds is 5. The Kier molecular flexibility index (Phi) is 6.78. The number of nitrogens with zero attached hydrogens (tertiary/aromatic N) is 5. The van der Waals surface area contributed by atoms with E-state index in [1.54, 1.807) is 29.0 Å². The molecule has 4 aromatic rings. The maximum Gasteiger partial charge on any atom is 0.293 e. The van der Waals surface area contributed by atoms with Gasteiger partial charge in [-0.1, -0.05) is 28.0 Å². The first-order valence-corrected chi connectivity index (χ1v) is 9.35. The highest BCUT2D eigenvalue weighted by Gasteiger charge is 2.14. The van der Waals surface area contributed by atoms with E-state index in [1.807, 2.05) is 48.5 Å². The quantitative estimate of drug-likeness (QED) is 0.160. The summed E-state index contributed by atoms with van der Waals surface area (Å²) in [7, 11) is 1.65. The van der Waals surface area contributed by atoms with Crippen molar-refractivity contribution >= 4 is 28.6 Å². The second-order valence-corrected chi connectivity index (χ2v) is 6.54. The van der Waals surface area contributed by atoms with E-state index in [-0.39, 0.29) is 0 Å². The van der Waals surface area contributed by atoms with Gasteiger partial charge in [-0.15, -0.1) is 4.68 Å². The van der Waals surface area contributed by atoms with Crippen molar-refractivity contribution in [3.8, 4) is 11.5 Å². The fourth-order valence-corrected chi connectivity index (χ4v) is 2.79. The number of hydrogen-bond acceptors (Lipinski definition) is 8. The highest BCUT2D eigenvalue weighted by molar-refractivity contribution is 5.80. The van der Waals surface area contributed by atoms with Crippen molar-refractivity contribution in [2.45, 2.75) is 0 Å². The number of aromatic nitrogens is 2. The van der Waals surface area contributed by atoms with Crippen molar-refractivity contribution in [2.75, 3.05) is 13.0 Å². The van der Waals surface area contributed by atoms with Crippen LogP contribution in [0.3, 0.4) is 0 Å². The van der Waals surface area contributed by atoms with Crippen molar-refractivity contribution < 1.29 is 24.4 Å². The molecule has 168 valence electrons. The molecule has 0 spiro atoms. The molecule has 0 amide bonds. The summed E-state index contributed by atoms with van der Waals surface area (Å²) >= 11 is 0. The number of hydrogen-bond donors (Lipinski definition) is 1. The van der Waals surface area contributed by atoms with Crippen LogP contribution in [0.2, 0.25) is 0 Å². The van der Waals surface area contributed by atoms with E-state index in [0.717, 1.165) is 34.5 Å². The first-order valence-electron chi connectivity index (χ1n) is 9.35. The molecule has 0 atom stereocenters. The van der Waals surface area contributed by atoms with Crippen LogP contribution in [0.1, 0.15) is 5.56 Å². The van der Waals surface area contributed by atoms with Crippen LogP contribution in [-0.2, 0) is 0 Å². The molecule has 1 heterocycles.